The van der Waals surface area contributed by atoms with E-state index in [1.54, 1.807) is 12.1 Å². The van der Waals surface area contributed by atoms with Crippen LogP contribution >= 0.6 is 0 Å². The lowest BCUT2D eigenvalue weighted by atomic mass is 9.96. The van der Waals surface area contributed by atoms with Gasteiger partial charge in [-0.15, -0.1) is 0 Å². The second-order valence-electron chi connectivity index (χ2n) is 7.18. The van der Waals surface area contributed by atoms with E-state index < -0.39 is 0 Å². The van der Waals surface area contributed by atoms with Gasteiger partial charge in [0.15, 0.2) is 5.78 Å². The second-order valence-corrected chi connectivity index (χ2v) is 7.18. The van der Waals surface area contributed by atoms with Gasteiger partial charge in [0.25, 0.3) is 5.91 Å². The first kappa shape index (κ1) is 17.5. The number of nitrogens with zero attached hydrogens (tertiary/aromatic N) is 1. The Morgan fingerprint density at radius 2 is 1.41 bits per heavy atom. The topological polar surface area (TPSA) is 37.4 Å². The lowest BCUT2D eigenvalue weighted by Crippen LogP contribution is -2.36. The molecule has 136 valence electrons. The molecule has 1 heterocycles. The summed E-state index contributed by atoms with van der Waals surface area (Å²) in [6.45, 7) is 1.57. The smallest absolute Gasteiger partial charge is 0.254 e. The van der Waals surface area contributed by atoms with Gasteiger partial charge in [0.1, 0.15) is 0 Å². The highest BCUT2D eigenvalue weighted by molar-refractivity contribution is 6.08. The molecule has 4 rings (SSSR count). The molecule has 1 amide bonds. The highest BCUT2D eigenvalue weighted by atomic mass is 16.2. The first-order valence-corrected chi connectivity index (χ1v) is 9.61. The number of hydrogen-bond acceptors (Lipinski definition) is 2. The fourth-order valence-electron chi connectivity index (χ4n) is 3.81. The predicted molar refractivity (Wildman–Crippen MR) is 108 cm³/mol. The number of rotatable bonds is 4. The second kappa shape index (κ2) is 7.75. The lowest BCUT2D eigenvalue weighted by Gasteiger charge is -2.27. The molecule has 1 fully saturated rings. The van der Waals surface area contributed by atoms with E-state index in [0.717, 1.165) is 42.3 Å². The number of Topliss-reactive ketones (excluding diaryl/α,β-unsaturated/α-hetero) is 1. The number of piperidine rings is 1. The molecule has 0 radical (unpaired) electrons. The van der Waals surface area contributed by atoms with Crippen LogP contribution in [0.2, 0.25) is 0 Å². The van der Waals surface area contributed by atoms with Crippen LogP contribution < -0.4 is 0 Å². The third kappa shape index (κ3) is 3.77. The van der Waals surface area contributed by atoms with E-state index in [4.69, 9.17) is 0 Å². The molecule has 0 bridgehead atoms. The summed E-state index contributed by atoms with van der Waals surface area (Å²) in [5.74, 6) is -0.0246. The van der Waals surface area contributed by atoms with Gasteiger partial charge in [-0.1, -0.05) is 60.7 Å². The molecular formula is C24H23NO2. The Bertz CT molecular complexity index is 986. The standard InChI is InChI=1S/C24H23NO2/c26-23(17-18-12-13-19-8-2-3-9-20(19)16-18)21-10-4-5-11-22(21)24(27)25-14-6-1-7-15-25/h2-5,8-13,16H,1,6-7,14-15,17H2. The first-order chi connectivity index (χ1) is 13.2. The summed E-state index contributed by atoms with van der Waals surface area (Å²) in [7, 11) is 0. The number of benzene rings is 3. The molecule has 3 nitrogen and oxygen atoms in total. The van der Waals surface area contributed by atoms with Crippen molar-refractivity contribution in [3.63, 3.8) is 0 Å². The molecular weight excluding hydrogens is 334 g/mol. The van der Waals surface area contributed by atoms with Crippen LogP contribution in [0.4, 0.5) is 0 Å². The van der Waals surface area contributed by atoms with Crippen LogP contribution in [0.15, 0.2) is 66.7 Å². The van der Waals surface area contributed by atoms with E-state index in [0.29, 0.717) is 17.5 Å². The fraction of sp³-hybridized carbons (Fsp3) is 0.250. The largest absolute Gasteiger partial charge is 0.339 e. The summed E-state index contributed by atoms with van der Waals surface area (Å²) in [6.07, 6.45) is 3.55. The maximum atomic E-state index is 13.0. The molecule has 27 heavy (non-hydrogen) atoms. The Morgan fingerprint density at radius 1 is 0.741 bits per heavy atom. The predicted octanol–water partition coefficient (Wildman–Crippen LogP) is 4.89. The number of fused-ring (bicyclic) bond motifs is 1. The van der Waals surface area contributed by atoms with Gasteiger partial charge < -0.3 is 4.90 Å². The SMILES string of the molecule is O=C(Cc1ccc2ccccc2c1)c1ccccc1C(=O)N1CCCCC1. The molecule has 3 heteroatoms. The molecule has 1 aliphatic rings. The molecule has 1 saturated heterocycles. The third-order valence-corrected chi connectivity index (χ3v) is 5.28. The molecule has 1 aliphatic heterocycles. The van der Waals surface area contributed by atoms with Crippen LogP contribution in [0, 0.1) is 0 Å². The molecule has 0 saturated carbocycles. The van der Waals surface area contributed by atoms with E-state index in [1.165, 1.54) is 6.42 Å². The van der Waals surface area contributed by atoms with Crippen molar-refractivity contribution in [2.45, 2.75) is 25.7 Å². The minimum atomic E-state index is -0.0165. The van der Waals surface area contributed by atoms with Crippen LogP contribution in [-0.2, 0) is 6.42 Å². The molecule has 0 N–H and O–H groups in total. The summed E-state index contributed by atoms with van der Waals surface area (Å²) >= 11 is 0. The van der Waals surface area contributed by atoms with Crippen LogP contribution in [0.5, 0.6) is 0 Å². The molecule has 0 aliphatic carbocycles. The van der Waals surface area contributed by atoms with Crippen LogP contribution in [-0.4, -0.2) is 29.7 Å². The van der Waals surface area contributed by atoms with E-state index in [1.807, 2.05) is 41.3 Å². The van der Waals surface area contributed by atoms with E-state index in [9.17, 15) is 9.59 Å². The molecule has 0 atom stereocenters. The molecule has 3 aromatic carbocycles. The van der Waals surface area contributed by atoms with Crippen molar-refractivity contribution in [1.82, 2.24) is 4.90 Å². The van der Waals surface area contributed by atoms with E-state index in [2.05, 4.69) is 18.2 Å². The highest BCUT2D eigenvalue weighted by Gasteiger charge is 2.23. The Morgan fingerprint density at radius 3 is 2.19 bits per heavy atom. The summed E-state index contributed by atoms with van der Waals surface area (Å²) in [5.41, 5.74) is 2.03. The summed E-state index contributed by atoms with van der Waals surface area (Å²) < 4.78 is 0. The van der Waals surface area contributed by atoms with Gasteiger partial charge in [0.05, 0.1) is 5.56 Å². The number of carbonyl (C=O) groups excluding carboxylic acids is 2. The number of amides is 1. The zero-order valence-electron chi connectivity index (χ0n) is 15.4. The lowest BCUT2D eigenvalue weighted by molar-refractivity contribution is 0.0719. The minimum absolute atomic E-state index is 0.00811. The number of carbonyl (C=O) groups is 2. The first-order valence-electron chi connectivity index (χ1n) is 9.61. The maximum absolute atomic E-state index is 13.0. The van der Waals surface area contributed by atoms with E-state index in [-0.39, 0.29) is 11.7 Å². The number of ketones is 1. The zero-order valence-corrected chi connectivity index (χ0v) is 15.4. The van der Waals surface area contributed by atoms with Gasteiger partial charge in [-0.2, -0.15) is 0 Å². The van der Waals surface area contributed by atoms with Crippen molar-refractivity contribution in [1.29, 1.82) is 0 Å². The van der Waals surface area contributed by atoms with Crippen molar-refractivity contribution >= 4 is 22.5 Å². The summed E-state index contributed by atoms with van der Waals surface area (Å²) in [4.78, 5) is 27.8. The normalized spacial score (nSPS) is 14.3. The van der Waals surface area contributed by atoms with Crippen molar-refractivity contribution in [3.8, 4) is 0 Å². The highest BCUT2D eigenvalue weighted by Crippen LogP contribution is 2.20. The molecule has 0 aromatic heterocycles. The van der Waals surface area contributed by atoms with Gasteiger partial charge in [-0.3, -0.25) is 9.59 Å². The minimum Gasteiger partial charge on any atom is -0.339 e. The monoisotopic (exact) mass is 357 g/mol. The molecule has 3 aromatic rings. The van der Waals surface area contributed by atoms with Gasteiger partial charge in [0, 0.05) is 25.1 Å². The van der Waals surface area contributed by atoms with Gasteiger partial charge in [-0.25, -0.2) is 0 Å². The van der Waals surface area contributed by atoms with Gasteiger partial charge in [0.2, 0.25) is 0 Å². The Labute approximate surface area is 159 Å². The maximum Gasteiger partial charge on any atom is 0.254 e. The average molecular weight is 357 g/mol. The molecule has 0 unspecified atom stereocenters. The van der Waals surface area contributed by atoms with Crippen molar-refractivity contribution < 1.29 is 9.59 Å². The Hall–Kier alpha value is -2.94. The van der Waals surface area contributed by atoms with Crippen LogP contribution in [0.3, 0.4) is 0 Å². The van der Waals surface area contributed by atoms with Crippen molar-refractivity contribution in [2.75, 3.05) is 13.1 Å². The Balaban J connectivity index is 1.58. The van der Waals surface area contributed by atoms with Gasteiger partial charge >= 0.3 is 0 Å². The fourth-order valence-corrected chi connectivity index (χ4v) is 3.81. The zero-order chi connectivity index (χ0) is 18.6. The van der Waals surface area contributed by atoms with Gasteiger partial charge in [-0.05, 0) is 41.7 Å². The van der Waals surface area contributed by atoms with E-state index >= 15 is 0 Å². The third-order valence-electron chi connectivity index (χ3n) is 5.28. The van der Waals surface area contributed by atoms with Crippen molar-refractivity contribution in [3.05, 3.63) is 83.4 Å². The quantitative estimate of drug-likeness (QED) is 0.623. The summed E-state index contributed by atoms with van der Waals surface area (Å²) in [5, 5.41) is 2.29. The van der Waals surface area contributed by atoms with Crippen LogP contribution in [0.1, 0.15) is 45.5 Å². The van der Waals surface area contributed by atoms with Crippen molar-refractivity contribution in [2.24, 2.45) is 0 Å². The molecule has 0 spiro atoms. The summed E-state index contributed by atoms with van der Waals surface area (Å²) in [6, 6.07) is 21.5. The average Bonchev–Trinajstić information content (AvgIpc) is 2.73. The van der Waals surface area contributed by atoms with Crippen LogP contribution in [0.25, 0.3) is 10.8 Å². The number of hydrogen-bond donors (Lipinski definition) is 0. The number of likely N-dealkylation sites (tertiary alicyclic amines) is 1. The Kier molecular flexibility index (Phi) is 5.01.